The van der Waals surface area contributed by atoms with Crippen molar-refractivity contribution in [3.05, 3.63) is 29.3 Å². The first-order valence-corrected chi connectivity index (χ1v) is 5.54. The molecule has 2 aromatic heterocycles. The second kappa shape index (κ2) is 4.45. The summed E-state index contributed by atoms with van der Waals surface area (Å²) < 4.78 is 0. The standard InChI is InChI=1S/C12H15N5/c1-4-10-15-11(17-12(13)16-10)9-5-7(2)14-8(3)6-9/h5-6H,4H2,1-3H3,(H2,13,15,16,17). The van der Waals surface area contributed by atoms with Crippen LogP contribution in [0.4, 0.5) is 5.95 Å². The summed E-state index contributed by atoms with van der Waals surface area (Å²) in [4.78, 5) is 16.9. The lowest BCUT2D eigenvalue weighted by Crippen LogP contribution is -2.04. The maximum Gasteiger partial charge on any atom is 0.223 e. The summed E-state index contributed by atoms with van der Waals surface area (Å²) in [5, 5.41) is 0. The van der Waals surface area contributed by atoms with Gasteiger partial charge < -0.3 is 5.73 Å². The van der Waals surface area contributed by atoms with Crippen molar-refractivity contribution in [2.75, 3.05) is 5.73 Å². The molecule has 5 heteroatoms. The van der Waals surface area contributed by atoms with E-state index in [-0.39, 0.29) is 5.95 Å². The molecule has 0 spiro atoms. The molecule has 0 saturated heterocycles. The SMILES string of the molecule is CCc1nc(N)nc(-c2cc(C)nc(C)c2)n1. The molecule has 17 heavy (non-hydrogen) atoms. The van der Waals surface area contributed by atoms with E-state index in [1.54, 1.807) is 0 Å². The topological polar surface area (TPSA) is 77.6 Å². The van der Waals surface area contributed by atoms with Crippen LogP contribution in [-0.2, 0) is 6.42 Å². The van der Waals surface area contributed by atoms with E-state index in [2.05, 4.69) is 19.9 Å². The lowest BCUT2D eigenvalue weighted by atomic mass is 10.2. The van der Waals surface area contributed by atoms with Crippen LogP contribution in [-0.4, -0.2) is 19.9 Å². The molecule has 0 bridgehead atoms. The number of aromatic nitrogens is 4. The van der Waals surface area contributed by atoms with Gasteiger partial charge in [0.25, 0.3) is 0 Å². The Labute approximate surface area is 100 Å². The van der Waals surface area contributed by atoms with Crippen LogP contribution in [0.2, 0.25) is 0 Å². The third kappa shape index (κ3) is 2.55. The molecule has 2 rings (SSSR count). The van der Waals surface area contributed by atoms with Crippen molar-refractivity contribution in [1.29, 1.82) is 0 Å². The third-order valence-electron chi connectivity index (χ3n) is 2.35. The average Bonchev–Trinajstić information content (AvgIpc) is 2.26. The second-order valence-corrected chi connectivity index (χ2v) is 3.93. The van der Waals surface area contributed by atoms with Crippen LogP contribution in [0, 0.1) is 13.8 Å². The largest absolute Gasteiger partial charge is 0.368 e. The van der Waals surface area contributed by atoms with E-state index >= 15 is 0 Å². The first-order valence-electron chi connectivity index (χ1n) is 5.54. The van der Waals surface area contributed by atoms with Crippen molar-refractivity contribution in [2.45, 2.75) is 27.2 Å². The fourth-order valence-electron chi connectivity index (χ4n) is 1.69. The van der Waals surface area contributed by atoms with Crippen LogP contribution in [0.5, 0.6) is 0 Å². The van der Waals surface area contributed by atoms with Gasteiger partial charge in [0.15, 0.2) is 5.82 Å². The predicted octanol–water partition coefficient (Wildman–Crippen LogP) is 1.70. The molecule has 0 amide bonds. The van der Waals surface area contributed by atoms with E-state index in [4.69, 9.17) is 5.73 Å². The summed E-state index contributed by atoms with van der Waals surface area (Å²) in [7, 11) is 0. The van der Waals surface area contributed by atoms with Gasteiger partial charge in [-0.25, -0.2) is 4.98 Å². The van der Waals surface area contributed by atoms with Crippen LogP contribution in [0.1, 0.15) is 24.1 Å². The van der Waals surface area contributed by atoms with Crippen LogP contribution >= 0.6 is 0 Å². The highest BCUT2D eigenvalue weighted by atomic mass is 15.1. The Morgan fingerprint density at radius 1 is 1.00 bits per heavy atom. The molecule has 0 aliphatic rings. The van der Waals surface area contributed by atoms with Gasteiger partial charge >= 0.3 is 0 Å². The van der Waals surface area contributed by atoms with Crippen molar-refractivity contribution in [3.63, 3.8) is 0 Å². The smallest absolute Gasteiger partial charge is 0.223 e. The minimum Gasteiger partial charge on any atom is -0.368 e. The molecule has 0 fully saturated rings. The van der Waals surface area contributed by atoms with E-state index in [1.165, 1.54) is 0 Å². The Morgan fingerprint density at radius 3 is 2.24 bits per heavy atom. The van der Waals surface area contributed by atoms with Crippen LogP contribution in [0.15, 0.2) is 12.1 Å². The van der Waals surface area contributed by atoms with Gasteiger partial charge in [-0.05, 0) is 26.0 Å². The Kier molecular flexibility index (Phi) is 2.99. The highest BCUT2D eigenvalue weighted by Crippen LogP contribution is 2.17. The number of pyridine rings is 1. The van der Waals surface area contributed by atoms with Crippen molar-refractivity contribution in [3.8, 4) is 11.4 Å². The predicted molar refractivity (Wildman–Crippen MR) is 66.3 cm³/mol. The van der Waals surface area contributed by atoms with Gasteiger partial charge in [0.2, 0.25) is 5.95 Å². The number of nitrogen functional groups attached to an aromatic ring is 1. The Balaban J connectivity index is 2.55. The molecule has 2 aromatic rings. The van der Waals surface area contributed by atoms with E-state index < -0.39 is 0 Å². The van der Waals surface area contributed by atoms with Gasteiger partial charge in [0, 0.05) is 23.4 Å². The van der Waals surface area contributed by atoms with Gasteiger partial charge in [-0.3, -0.25) is 4.98 Å². The summed E-state index contributed by atoms with van der Waals surface area (Å²) in [6, 6.07) is 3.89. The van der Waals surface area contributed by atoms with Crippen LogP contribution < -0.4 is 5.73 Å². The first-order chi connectivity index (χ1) is 8.08. The molecule has 0 aromatic carbocycles. The minimum atomic E-state index is 0.263. The summed E-state index contributed by atoms with van der Waals surface area (Å²) in [5.41, 5.74) is 8.48. The third-order valence-corrected chi connectivity index (χ3v) is 2.35. The number of nitrogens with zero attached hydrogens (tertiary/aromatic N) is 4. The van der Waals surface area contributed by atoms with E-state index in [9.17, 15) is 0 Å². The number of nitrogens with two attached hydrogens (primary N) is 1. The summed E-state index contributed by atoms with van der Waals surface area (Å²) in [6.45, 7) is 5.88. The van der Waals surface area contributed by atoms with Gasteiger partial charge in [-0.15, -0.1) is 0 Å². The van der Waals surface area contributed by atoms with Gasteiger partial charge in [0.1, 0.15) is 5.82 Å². The van der Waals surface area contributed by atoms with Crippen molar-refractivity contribution >= 4 is 5.95 Å². The fraction of sp³-hybridized carbons (Fsp3) is 0.333. The van der Waals surface area contributed by atoms with Crippen LogP contribution in [0.25, 0.3) is 11.4 Å². The molecule has 0 aliphatic carbocycles. The highest BCUT2D eigenvalue weighted by molar-refractivity contribution is 5.56. The molecule has 0 saturated carbocycles. The molecular formula is C12H15N5. The summed E-state index contributed by atoms with van der Waals surface area (Å²) >= 11 is 0. The maximum absolute atomic E-state index is 5.67. The Hall–Kier alpha value is -2.04. The molecule has 2 N–H and O–H groups in total. The average molecular weight is 229 g/mol. The van der Waals surface area contributed by atoms with Gasteiger partial charge in [-0.2, -0.15) is 9.97 Å². The Bertz CT molecular complexity index is 530. The second-order valence-electron chi connectivity index (χ2n) is 3.93. The van der Waals surface area contributed by atoms with Gasteiger partial charge in [0.05, 0.1) is 0 Å². The number of hydrogen-bond acceptors (Lipinski definition) is 5. The quantitative estimate of drug-likeness (QED) is 0.848. The van der Waals surface area contributed by atoms with Crippen molar-refractivity contribution in [2.24, 2.45) is 0 Å². The maximum atomic E-state index is 5.67. The van der Waals surface area contributed by atoms with E-state index in [0.717, 1.165) is 23.4 Å². The molecule has 88 valence electrons. The molecule has 2 heterocycles. The Morgan fingerprint density at radius 2 is 1.65 bits per heavy atom. The molecule has 0 aliphatic heterocycles. The molecular weight excluding hydrogens is 214 g/mol. The molecule has 0 radical (unpaired) electrons. The number of aryl methyl sites for hydroxylation is 3. The first kappa shape index (κ1) is 11.4. The van der Waals surface area contributed by atoms with Crippen molar-refractivity contribution in [1.82, 2.24) is 19.9 Å². The molecule has 0 atom stereocenters. The number of rotatable bonds is 2. The van der Waals surface area contributed by atoms with Gasteiger partial charge in [-0.1, -0.05) is 6.92 Å². The summed E-state index contributed by atoms with van der Waals surface area (Å²) in [6.07, 6.45) is 0.739. The fourth-order valence-corrected chi connectivity index (χ4v) is 1.69. The molecule has 0 unspecified atom stereocenters. The zero-order chi connectivity index (χ0) is 12.4. The van der Waals surface area contributed by atoms with Crippen LogP contribution in [0.3, 0.4) is 0 Å². The minimum absolute atomic E-state index is 0.263. The molecule has 5 nitrogen and oxygen atoms in total. The van der Waals surface area contributed by atoms with E-state index in [1.807, 2.05) is 32.9 Å². The number of anilines is 1. The number of hydrogen-bond donors (Lipinski definition) is 1. The highest BCUT2D eigenvalue weighted by Gasteiger charge is 2.07. The monoisotopic (exact) mass is 229 g/mol. The normalized spacial score (nSPS) is 10.5. The summed E-state index contributed by atoms with van der Waals surface area (Å²) in [5.74, 6) is 1.58. The lowest BCUT2D eigenvalue weighted by Gasteiger charge is -2.05. The lowest BCUT2D eigenvalue weighted by molar-refractivity contribution is 0.912. The zero-order valence-corrected chi connectivity index (χ0v) is 10.2. The zero-order valence-electron chi connectivity index (χ0n) is 10.2. The van der Waals surface area contributed by atoms with Crippen molar-refractivity contribution < 1.29 is 0 Å². The van der Waals surface area contributed by atoms with E-state index in [0.29, 0.717) is 11.6 Å².